The second-order valence-electron chi connectivity index (χ2n) is 4.44. The molecular formula is C14H17N3O3. The highest BCUT2D eigenvalue weighted by atomic mass is 16.5. The number of amides is 1. The zero-order valence-electron chi connectivity index (χ0n) is 11.5. The van der Waals surface area contributed by atoms with Crippen molar-refractivity contribution in [2.75, 3.05) is 6.61 Å². The molecule has 0 fully saturated rings. The fraction of sp³-hybridized carbons (Fsp3) is 0.357. The summed E-state index contributed by atoms with van der Waals surface area (Å²) >= 11 is 0. The van der Waals surface area contributed by atoms with Crippen LogP contribution in [-0.2, 0) is 20.7 Å². The molecule has 2 rings (SSSR count). The van der Waals surface area contributed by atoms with Gasteiger partial charge in [-0.25, -0.2) is 4.79 Å². The van der Waals surface area contributed by atoms with Gasteiger partial charge in [0.15, 0.2) is 0 Å². The van der Waals surface area contributed by atoms with Gasteiger partial charge in [0.2, 0.25) is 5.91 Å². The molecule has 0 saturated carbocycles. The van der Waals surface area contributed by atoms with Crippen molar-refractivity contribution in [1.29, 1.82) is 0 Å². The molecule has 106 valence electrons. The highest BCUT2D eigenvalue weighted by molar-refractivity contribution is 5.86. The van der Waals surface area contributed by atoms with E-state index in [-0.39, 0.29) is 12.5 Å². The SMILES string of the molecule is CCOC(=O)C(Cc1c[nH]c2cnccc12)NC(C)=O. The van der Waals surface area contributed by atoms with Gasteiger partial charge in [0.1, 0.15) is 6.04 Å². The standard InChI is InChI=1S/C14H17N3O3/c1-3-20-14(19)12(17-9(2)18)6-10-7-16-13-8-15-5-4-11(10)13/h4-5,7-8,12,16H,3,6H2,1-2H3,(H,17,18). The average molecular weight is 275 g/mol. The van der Waals surface area contributed by atoms with Gasteiger partial charge < -0.3 is 15.0 Å². The Morgan fingerprint density at radius 1 is 1.50 bits per heavy atom. The van der Waals surface area contributed by atoms with E-state index in [0.29, 0.717) is 6.42 Å². The number of nitrogens with one attached hydrogen (secondary N) is 2. The second-order valence-corrected chi connectivity index (χ2v) is 4.44. The van der Waals surface area contributed by atoms with E-state index in [2.05, 4.69) is 15.3 Å². The summed E-state index contributed by atoms with van der Waals surface area (Å²) in [6.07, 6.45) is 5.61. The molecule has 6 nitrogen and oxygen atoms in total. The lowest BCUT2D eigenvalue weighted by molar-refractivity contribution is -0.147. The molecule has 0 bridgehead atoms. The van der Waals surface area contributed by atoms with Crippen molar-refractivity contribution in [2.45, 2.75) is 26.3 Å². The molecule has 0 aliphatic rings. The minimum Gasteiger partial charge on any atom is -0.464 e. The van der Waals surface area contributed by atoms with Gasteiger partial charge >= 0.3 is 5.97 Å². The summed E-state index contributed by atoms with van der Waals surface area (Å²) in [5.41, 5.74) is 1.84. The summed E-state index contributed by atoms with van der Waals surface area (Å²) in [6.45, 7) is 3.40. The van der Waals surface area contributed by atoms with Crippen LogP contribution < -0.4 is 5.32 Å². The Kier molecular flexibility index (Phi) is 4.34. The molecule has 20 heavy (non-hydrogen) atoms. The van der Waals surface area contributed by atoms with Crippen molar-refractivity contribution in [1.82, 2.24) is 15.3 Å². The zero-order chi connectivity index (χ0) is 14.5. The van der Waals surface area contributed by atoms with E-state index in [1.54, 1.807) is 19.3 Å². The third-order valence-electron chi connectivity index (χ3n) is 2.94. The van der Waals surface area contributed by atoms with Crippen LogP contribution >= 0.6 is 0 Å². The lowest BCUT2D eigenvalue weighted by Gasteiger charge is -2.15. The van der Waals surface area contributed by atoms with Crippen LogP contribution in [0.1, 0.15) is 19.4 Å². The number of aromatic nitrogens is 2. The zero-order valence-corrected chi connectivity index (χ0v) is 11.5. The topological polar surface area (TPSA) is 84.1 Å². The van der Waals surface area contributed by atoms with Gasteiger partial charge in [-0.05, 0) is 18.6 Å². The smallest absolute Gasteiger partial charge is 0.328 e. The lowest BCUT2D eigenvalue weighted by atomic mass is 10.1. The normalized spacial score (nSPS) is 12.1. The first-order chi connectivity index (χ1) is 9.61. The van der Waals surface area contributed by atoms with Crippen molar-refractivity contribution in [3.05, 3.63) is 30.2 Å². The maximum absolute atomic E-state index is 11.9. The molecule has 0 saturated heterocycles. The number of aromatic amines is 1. The summed E-state index contributed by atoms with van der Waals surface area (Å²) in [5.74, 6) is -0.685. The highest BCUT2D eigenvalue weighted by Gasteiger charge is 2.22. The molecule has 6 heteroatoms. The predicted octanol–water partition coefficient (Wildman–Crippen LogP) is 1.17. The number of ether oxygens (including phenoxy) is 1. The maximum Gasteiger partial charge on any atom is 0.328 e. The molecule has 1 amide bonds. The number of rotatable bonds is 5. The largest absolute Gasteiger partial charge is 0.464 e. The molecule has 1 unspecified atom stereocenters. The Morgan fingerprint density at radius 2 is 2.30 bits per heavy atom. The van der Waals surface area contributed by atoms with E-state index in [0.717, 1.165) is 16.5 Å². The van der Waals surface area contributed by atoms with Crippen LogP contribution in [0.5, 0.6) is 0 Å². The number of H-pyrrole nitrogens is 1. The van der Waals surface area contributed by atoms with Crippen LogP contribution in [0.25, 0.3) is 10.9 Å². The van der Waals surface area contributed by atoms with E-state index in [4.69, 9.17) is 4.74 Å². The van der Waals surface area contributed by atoms with Crippen LogP contribution in [0, 0.1) is 0 Å². The van der Waals surface area contributed by atoms with Crippen molar-refractivity contribution in [3.8, 4) is 0 Å². The van der Waals surface area contributed by atoms with Crippen molar-refractivity contribution >= 4 is 22.8 Å². The minimum absolute atomic E-state index is 0.260. The summed E-state index contributed by atoms with van der Waals surface area (Å²) in [5, 5.41) is 3.61. The number of pyridine rings is 1. The fourth-order valence-electron chi connectivity index (χ4n) is 2.10. The number of carbonyl (C=O) groups excluding carboxylic acids is 2. The first-order valence-corrected chi connectivity index (χ1v) is 6.45. The van der Waals surface area contributed by atoms with E-state index in [1.807, 2.05) is 12.3 Å². The Balaban J connectivity index is 2.22. The lowest BCUT2D eigenvalue weighted by Crippen LogP contribution is -2.42. The third kappa shape index (κ3) is 3.14. The number of nitrogens with zero attached hydrogens (tertiary/aromatic N) is 1. The van der Waals surface area contributed by atoms with Crippen molar-refractivity contribution in [3.63, 3.8) is 0 Å². The first kappa shape index (κ1) is 14.0. The van der Waals surface area contributed by atoms with Crippen molar-refractivity contribution in [2.24, 2.45) is 0 Å². The second kappa shape index (κ2) is 6.18. The Labute approximate surface area is 116 Å². The molecule has 2 N–H and O–H groups in total. The fourth-order valence-corrected chi connectivity index (χ4v) is 2.10. The Hall–Kier alpha value is -2.37. The molecule has 2 aromatic rings. The van der Waals surface area contributed by atoms with Gasteiger partial charge in [0.05, 0.1) is 18.3 Å². The summed E-state index contributed by atoms with van der Waals surface area (Å²) < 4.78 is 4.99. The third-order valence-corrected chi connectivity index (χ3v) is 2.94. The van der Waals surface area contributed by atoms with Gasteiger partial charge in [0, 0.05) is 31.1 Å². The predicted molar refractivity (Wildman–Crippen MR) is 74.0 cm³/mol. The maximum atomic E-state index is 11.9. The summed E-state index contributed by atoms with van der Waals surface area (Å²) in [7, 11) is 0. The Bertz CT molecular complexity index is 621. The number of carbonyl (C=O) groups is 2. The summed E-state index contributed by atoms with van der Waals surface area (Å²) in [6, 6.07) is 1.19. The van der Waals surface area contributed by atoms with Crippen LogP contribution in [-0.4, -0.2) is 34.5 Å². The van der Waals surface area contributed by atoms with Gasteiger partial charge in [-0.3, -0.25) is 9.78 Å². The Morgan fingerprint density at radius 3 is 3.00 bits per heavy atom. The van der Waals surface area contributed by atoms with E-state index < -0.39 is 12.0 Å². The molecule has 0 aromatic carbocycles. The first-order valence-electron chi connectivity index (χ1n) is 6.45. The van der Waals surface area contributed by atoms with Crippen LogP contribution in [0.2, 0.25) is 0 Å². The molecule has 0 radical (unpaired) electrons. The summed E-state index contributed by atoms with van der Waals surface area (Å²) in [4.78, 5) is 30.2. The van der Waals surface area contributed by atoms with Crippen LogP contribution in [0.4, 0.5) is 0 Å². The van der Waals surface area contributed by atoms with E-state index >= 15 is 0 Å². The average Bonchev–Trinajstić information content (AvgIpc) is 2.81. The van der Waals surface area contributed by atoms with Crippen molar-refractivity contribution < 1.29 is 14.3 Å². The molecule has 0 aliphatic heterocycles. The number of fused-ring (bicyclic) bond motifs is 1. The molecule has 2 heterocycles. The quantitative estimate of drug-likeness (QED) is 0.802. The van der Waals surface area contributed by atoms with Crippen LogP contribution in [0.15, 0.2) is 24.7 Å². The number of hydrogen-bond acceptors (Lipinski definition) is 4. The van der Waals surface area contributed by atoms with Gasteiger partial charge in [-0.15, -0.1) is 0 Å². The van der Waals surface area contributed by atoms with Gasteiger partial charge in [-0.1, -0.05) is 0 Å². The molecule has 0 spiro atoms. The van der Waals surface area contributed by atoms with Gasteiger partial charge in [0.25, 0.3) is 0 Å². The van der Waals surface area contributed by atoms with E-state index in [1.165, 1.54) is 6.92 Å². The monoisotopic (exact) mass is 275 g/mol. The number of hydrogen-bond donors (Lipinski definition) is 2. The molecule has 1 atom stereocenters. The number of esters is 1. The van der Waals surface area contributed by atoms with Gasteiger partial charge in [-0.2, -0.15) is 0 Å². The van der Waals surface area contributed by atoms with Crippen LogP contribution in [0.3, 0.4) is 0 Å². The van der Waals surface area contributed by atoms with E-state index in [9.17, 15) is 9.59 Å². The molecule has 0 aliphatic carbocycles. The highest BCUT2D eigenvalue weighted by Crippen LogP contribution is 2.18. The molecular weight excluding hydrogens is 258 g/mol. The minimum atomic E-state index is -0.681. The molecule has 2 aromatic heterocycles.